The number of hydrogen-bond acceptors (Lipinski definition) is 3. The Bertz CT molecular complexity index is 471. The van der Waals surface area contributed by atoms with E-state index in [2.05, 4.69) is 15.9 Å². The van der Waals surface area contributed by atoms with E-state index in [9.17, 15) is 8.42 Å². The van der Waals surface area contributed by atoms with Crippen LogP contribution in [-0.2, 0) is 14.3 Å². The highest BCUT2D eigenvalue weighted by molar-refractivity contribution is 9.10. The Morgan fingerprint density at radius 1 is 1.18 bits per heavy atom. The van der Waals surface area contributed by atoms with Crippen molar-refractivity contribution in [3.05, 3.63) is 28.7 Å². The van der Waals surface area contributed by atoms with E-state index in [1.165, 1.54) is 12.1 Å². The van der Waals surface area contributed by atoms with Crippen LogP contribution in [0.4, 0.5) is 0 Å². The van der Waals surface area contributed by atoms with Crippen molar-refractivity contribution in [2.45, 2.75) is 38.7 Å². The summed E-state index contributed by atoms with van der Waals surface area (Å²) in [5, 5.41) is 0. The Morgan fingerprint density at radius 2 is 1.65 bits per heavy atom. The van der Waals surface area contributed by atoms with Gasteiger partial charge in [-0.15, -0.1) is 0 Å². The lowest BCUT2D eigenvalue weighted by Crippen LogP contribution is -2.28. The van der Waals surface area contributed by atoms with Crippen LogP contribution in [0, 0.1) is 5.41 Å². The smallest absolute Gasteiger partial charge is 0.263 e. The Kier molecular flexibility index (Phi) is 4.38. The fraction of sp³-hybridized carbons (Fsp3) is 0.500. The number of benzene rings is 1. The summed E-state index contributed by atoms with van der Waals surface area (Å²) in [4.78, 5) is 0.178. The third kappa shape index (κ3) is 4.08. The molecule has 0 saturated carbocycles. The molecule has 0 aliphatic heterocycles. The van der Waals surface area contributed by atoms with Gasteiger partial charge in [-0.2, -0.15) is 8.42 Å². The monoisotopic (exact) mass is 320 g/mol. The molecule has 96 valence electrons. The maximum absolute atomic E-state index is 12.0. The zero-order valence-electron chi connectivity index (χ0n) is 10.4. The summed E-state index contributed by atoms with van der Waals surface area (Å²) in [5.41, 5.74) is -0.220. The summed E-state index contributed by atoms with van der Waals surface area (Å²) in [6, 6.07) is 6.40. The van der Waals surface area contributed by atoms with Crippen LogP contribution >= 0.6 is 15.9 Å². The van der Waals surface area contributed by atoms with E-state index in [0.717, 1.165) is 4.47 Å². The van der Waals surface area contributed by atoms with Gasteiger partial charge >= 0.3 is 0 Å². The first-order chi connectivity index (χ1) is 7.63. The van der Waals surface area contributed by atoms with E-state index in [0.29, 0.717) is 0 Å². The standard InChI is InChI=1S/C12H17BrO3S/c1-9(12(2,3)4)16-17(14,15)11-7-5-10(13)6-8-11/h5-9H,1-4H3. The third-order valence-corrected chi connectivity index (χ3v) is 4.51. The largest absolute Gasteiger partial charge is 0.297 e. The van der Waals surface area contributed by atoms with Gasteiger partial charge in [-0.1, -0.05) is 36.7 Å². The number of hydrogen-bond donors (Lipinski definition) is 0. The predicted molar refractivity (Wildman–Crippen MR) is 71.3 cm³/mol. The molecule has 0 aliphatic carbocycles. The molecule has 0 bridgehead atoms. The van der Waals surface area contributed by atoms with E-state index in [1.54, 1.807) is 19.1 Å². The van der Waals surface area contributed by atoms with E-state index in [1.807, 2.05) is 20.8 Å². The Labute approximate surface area is 111 Å². The van der Waals surface area contributed by atoms with Crippen molar-refractivity contribution in [2.24, 2.45) is 5.41 Å². The van der Waals surface area contributed by atoms with Crippen LogP contribution in [0.5, 0.6) is 0 Å². The lowest BCUT2D eigenvalue weighted by atomic mass is 9.91. The molecule has 0 saturated heterocycles. The van der Waals surface area contributed by atoms with Gasteiger partial charge in [0, 0.05) is 4.47 Å². The fourth-order valence-electron chi connectivity index (χ4n) is 0.991. The minimum atomic E-state index is -3.68. The molecule has 0 aliphatic rings. The Balaban J connectivity index is 2.94. The van der Waals surface area contributed by atoms with Crippen LogP contribution < -0.4 is 0 Å². The summed E-state index contributed by atoms with van der Waals surface area (Å²) < 4.78 is 29.9. The highest BCUT2D eigenvalue weighted by Crippen LogP contribution is 2.26. The molecule has 0 fully saturated rings. The molecule has 5 heteroatoms. The van der Waals surface area contributed by atoms with Gasteiger partial charge in [0.05, 0.1) is 11.0 Å². The van der Waals surface area contributed by atoms with Gasteiger partial charge in [-0.3, -0.25) is 4.18 Å². The van der Waals surface area contributed by atoms with Crippen molar-refractivity contribution >= 4 is 26.0 Å². The summed E-state index contributed by atoms with van der Waals surface area (Å²) in [6.45, 7) is 7.58. The molecule has 0 spiro atoms. The average molecular weight is 321 g/mol. The second kappa shape index (κ2) is 5.08. The first-order valence-electron chi connectivity index (χ1n) is 5.32. The van der Waals surface area contributed by atoms with Crippen LogP contribution in [0.25, 0.3) is 0 Å². The lowest BCUT2D eigenvalue weighted by molar-refractivity contribution is 0.110. The van der Waals surface area contributed by atoms with E-state index < -0.39 is 10.1 Å². The molecule has 1 aromatic carbocycles. The van der Waals surface area contributed by atoms with Crippen LogP contribution in [0.2, 0.25) is 0 Å². The van der Waals surface area contributed by atoms with Gasteiger partial charge in [0.25, 0.3) is 10.1 Å². The van der Waals surface area contributed by atoms with Crippen molar-refractivity contribution < 1.29 is 12.6 Å². The Morgan fingerprint density at radius 3 is 2.06 bits per heavy atom. The predicted octanol–water partition coefficient (Wildman–Crippen LogP) is 3.59. The van der Waals surface area contributed by atoms with Gasteiger partial charge in [-0.05, 0) is 36.6 Å². The van der Waals surface area contributed by atoms with Crippen LogP contribution in [0.1, 0.15) is 27.7 Å². The van der Waals surface area contributed by atoms with Gasteiger partial charge in [0.2, 0.25) is 0 Å². The van der Waals surface area contributed by atoms with Crippen molar-refractivity contribution in [2.75, 3.05) is 0 Å². The summed E-state index contributed by atoms with van der Waals surface area (Å²) >= 11 is 3.26. The Hall–Kier alpha value is -0.390. The molecular weight excluding hydrogens is 304 g/mol. The third-order valence-electron chi connectivity index (χ3n) is 2.59. The number of halogens is 1. The molecule has 0 N–H and O–H groups in total. The summed E-state index contributed by atoms with van der Waals surface area (Å²) in [5.74, 6) is 0. The van der Waals surface area contributed by atoms with Crippen molar-refractivity contribution in [1.82, 2.24) is 0 Å². The highest BCUT2D eigenvalue weighted by Gasteiger charge is 2.27. The molecule has 1 rings (SSSR count). The minimum Gasteiger partial charge on any atom is -0.263 e. The summed E-state index contributed by atoms with van der Waals surface area (Å²) in [6.07, 6.45) is -0.379. The minimum absolute atomic E-state index is 0.178. The molecule has 1 unspecified atom stereocenters. The quantitative estimate of drug-likeness (QED) is 0.799. The van der Waals surface area contributed by atoms with E-state index >= 15 is 0 Å². The molecule has 0 aromatic heterocycles. The van der Waals surface area contributed by atoms with Crippen LogP contribution in [0.15, 0.2) is 33.6 Å². The molecule has 1 atom stereocenters. The number of rotatable bonds is 3. The second-order valence-corrected chi connectivity index (χ2v) is 7.50. The maximum Gasteiger partial charge on any atom is 0.297 e. The molecule has 3 nitrogen and oxygen atoms in total. The molecule has 0 heterocycles. The van der Waals surface area contributed by atoms with E-state index in [4.69, 9.17) is 4.18 Å². The van der Waals surface area contributed by atoms with E-state index in [-0.39, 0.29) is 16.4 Å². The lowest BCUT2D eigenvalue weighted by Gasteiger charge is -2.26. The highest BCUT2D eigenvalue weighted by atomic mass is 79.9. The first-order valence-corrected chi connectivity index (χ1v) is 7.52. The molecular formula is C12H17BrO3S. The summed E-state index contributed by atoms with van der Waals surface area (Å²) in [7, 11) is -3.68. The zero-order valence-corrected chi connectivity index (χ0v) is 12.8. The molecule has 0 radical (unpaired) electrons. The van der Waals surface area contributed by atoms with Crippen molar-refractivity contribution in [1.29, 1.82) is 0 Å². The molecule has 17 heavy (non-hydrogen) atoms. The SMILES string of the molecule is CC(OS(=O)(=O)c1ccc(Br)cc1)C(C)(C)C. The average Bonchev–Trinajstić information content (AvgIpc) is 2.16. The van der Waals surface area contributed by atoms with Gasteiger partial charge < -0.3 is 0 Å². The normalized spacial score (nSPS) is 14.6. The van der Waals surface area contributed by atoms with Gasteiger partial charge in [-0.25, -0.2) is 0 Å². The molecule has 1 aromatic rings. The van der Waals surface area contributed by atoms with Gasteiger partial charge in [0.15, 0.2) is 0 Å². The van der Waals surface area contributed by atoms with Crippen LogP contribution in [0.3, 0.4) is 0 Å². The second-order valence-electron chi connectivity index (χ2n) is 5.01. The fourth-order valence-corrected chi connectivity index (χ4v) is 2.50. The first kappa shape index (κ1) is 14.7. The zero-order chi connectivity index (χ0) is 13.3. The van der Waals surface area contributed by atoms with Crippen molar-refractivity contribution in [3.63, 3.8) is 0 Å². The van der Waals surface area contributed by atoms with Gasteiger partial charge in [0.1, 0.15) is 0 Å². The van der Waals surface area contributed by atoms with Crippen molar-refractivity contribution in [3.8, 4) is 0 Å². The maximum atomic E-state index is 12.0. The topological polar surface area (TPSA) is 43.4 Å². The van der Waals surface area contributed by atoms with Crippen LogP contribution in [-0.4, -0.2) is 14.5 Å². The molecule has 0 amide bonds.